The van der Waals surface area contributed by atoms with Crippen LogP contribution in [0.5, 0.6) is 5.75 Å². The molecule has 7 heteroatoms. The topological polar surface area (TPSA) is 79.5 Å². The highest BCUT2D eigenvalue weighted by Gasteiger charge is 2.14. The lowest BCUT2D eigenvalue weighted by atomic mass is 10.1. The minimum atomic E-state index is -0.246. The molecule has 3 N–H and O–H groups in total. The molecule has 28 heavy (non-hydrogen) atoms. The van der Waals surface area contributed by atoms with Gasteiger partial charge in [0.1, 0.15) is 5.75 Å². The monoisotopic (exact) mass is 399 g/mol. The van der Waals surface area contributed by atoms with Crippen molar-refractivity contribution in [3.05, 3.63) is 59.7 Å². The Bertz CT molecular complexity index is 837. The first-order valence-corrected chi connectivity index (χ1v) is 9.47. The molecule has 0 aromatic heterocycles. The van der Waals surface area contributed by atoms with Gasteiger partial charge in [-0.2, -0.15) is 0 Å². The number of hydrogen-bond donors (Lipinski definition) is 3. The SMILES string of the molecule is CCC(C)NC(=O)c1ccccc1NC(=S)NC(=O)Cc1ccc(OC)cc1. The molecule has 2 amide bonds. The molecule has 0 bridgehead atoms. The van der Waals surface area contributed by atoms with Gasteiger partial charge in [0.2, 0.25) is 5.91 Å². The van der Waals surface area contributed by atoms with Crippen LogP contribution in [0.25, 0.3) is 0 Å². The minimum Gasteiger partial charge on any atom is -0.497 e. The molecule has 1 unspecified atom stereocenters. The second-order valence-electron chi connectivity index (χ2n) is 6.36. The van der Waals surface area contributed by atoms with E-state index in [2.05, 4.69) is 16.0 Å². The summed E-state index contributed by atoms with van der Waals surface area (Å²) in [6, 6.07) is 14.3. The summed E-state index contributed by atoms with van der Waals surface area (Å²) < 4.78 is 5.10. The number of nitrogens with one attached hydrogen (secondary N) is 3. The summed E-state index contributed by atoms with van der Waals surface area (Å²) >= 11 is 5.23. The van der Waals surface area contributed by atoms with E-state index < -0.39 is 0 Å². The lowest BCUT2D eigenvalue weighted by Crippen LogP contribution is -2.36. The summed E-state index contributed by atoms with van der Waals surface area (Å²) in [5, 5.41) is 8.64. The highest BCUT2D eigenvalue weighted by molar-refractivity contribution is 7.80. The molecule has 2 rings (SSSR count). The largest absolute Gasteiger partial charge is 0.497 e. The van der Waals surface area contributed by atoms with Crippen molar-refractivity contribution in [3.8, 4) is 5.75 Å². The molecule has 2 aromatic carbocycles. The van der Waals surface area contributed by atoms with Crippen molar-refractivity contribution in [3.63, 3.8) is 0 Å². The lowest BCUT2D eigenvalue weighted by Gasteiger charge is -2.16. The van der Waals surface area contributed by atoms with E-state index in [1.807, 2.05) is 26.0 Å². The highest BCUT2D eigenvalue weighted by Crippen LogP contribution is 2.15. The van der Waals surface area contributed by atoms with Crippen LogP contribution in [0.1, 0.15) is 36.2 Å². The van der Waals surface area contributed by atoms with E-state index in [4.69, 9.17) is 17.0 Å². The van der Waals surface area contributed by atoms with Crippen molar-refractivity contribution < 1.29 is 14.3 Å². The predicted molar refractivity (Wildman–Crippen MR) is 115 cm³/mol. The Labute approximate surface area is 170 Å². The third kappa shape index (κ3) is 6.35. The summed E-state index contributed by atoms with van der Waals surface area (Å²) in [5.41, 5.74) is 1.85. The van der Waals surface area contributed by atoms with E-state index in [1.165, 1.54) is 0 Å². The number of hydrogen-bond acceptors (Lipinski definition) is 4. The van der Waals surface area contributed by atoms with E-state index in [0.29, 0.717) is 11.3 Å². The molecule has 148 valence electrons. The van der Waals surface area contributed by atoms with Gasteiger partial charge in [-0.25, -0.2) is 0 Å². The number of para-hydroxylation sites is 1. The predicted octanol–water partition coefficient (Wildman–Crippen LogP) is 3.28. The molecular weight excluding hydrogens is 374 g/mol. The van der Waals surface area contributed by atoms with Crippen LogP contribution in [0, 0.1) is 0 Å². The second kappa shape index (κ2) is 10.4. The van der Waals surface area contributed by atoms with E-state index in [9.17, 15) is 9.59 Å². The summed E-state index contributed by atoms with van der Waals surface area (Å²) in [5.74, 6) is 0.294. The maximum Gasteiger partial charge on any atom is 0.253 e. The number of anilines is 1. The summed E-state index contributed by atoms with van der Waals surface area (Å²) in [6.07, 6.45) is 1.02. The molecule has 0 radical (unpaired) electrons. The quantitative estimate of drug-likeness (QED) is 0.623. The Balaban J connectivity index is 1.96. The van der Waals surface area contributed by atoms with Crippen molar-refractivity contribution in [2.45, 2.75) is 32.7 Å². The van der Waals surface area contributed by atoms with Gasteiger partial charge in [-0.05, 0) is 55.4 Å². The first kappa shape index (κ1) is 21.4. The Morgan fingerprint density at radius 3 is 2.43 bits per heavy atom. The number of rotatable bonds is 7. The number of methoxy groups -OCH3 is 1. The number of carbonyl (C=O) groups is 2. The van der Waals surface area contributed by atoms with Crippen molar-refractivity contribution in [2.24, 2.45) is 0 Å². The van der Waals surface area contributed by atoms with Crippen molar-refractivity contribution >= 4 is 34.8 Å². The summed E-state index contributed by atoms with van der Waals surface area (Å²) in [7, 11) is 1.59. The number of ether oxygens (including phenoxy) is 1. The molecule has 0 heterocycles. The van der Waals surface area contributed by atoms with Crippen LogP contribution in [0.4, 0.5) is 5.69 Å². The average Bonchev–Trinajstić information content (AvgIpc) is 2.68. The second-order valence-corrected chi connectivity index (χ2v) is 6.76. The molecule has 0 saturated carbocycles. The van der Waals surface area contributed by atoms with Gasteiger partial charge in [-0.15, -0.1) is 0 Å². The zero-order chi connectivity index (χ0) is 20.5. The third-order valence-electron chi connectivity index (χ3n) is 4.19. The fourth-order valence-corrected chi connectivity index (χ4v) is 2.67. The smallest absolute Gasteiger partial charge is 0.253 e. The summed E-state index contributed by atoms with van der Waals surface area (Å²) in [6.45, 7) is 3.94. The normalized spacial score (nSPS) is 11.2. The van der Waals surface area contributed by atoms with Crippen molar-refractivity contribution in [1.82, 2.24) is 10.6 Å². The van der Waals surface area contributed by atoms with Crippen LogP contribution in [-0.2, 0) is 11.2 Å². The van der Waals surface area contributed by atoms with Gasteiger partial charge in [0.05, 0.1) is 24.8 Å². The molecule has 0 saturated heterocycles. The number of benzene rings is 2. The van der Waals surface area contributed by atoms with Gasteiger partial charge >= 0.3 is 0 Å². The molecular formula is C21H25N3O3S. The van der Waals surface area contributed by atoms with Crippen molar-refractivity contribution in [2.75, 3.05) is 12.4 Å². The fraction of sp³-hybridized carbons (Fsp3) is 0.286. The van der Waals surface area contributed by atoms with Crippen molar-refractivity contribution in [1.29, 1.82) is 0 Å². The summed E-state index contributed by atoms with van der Waals surface area (Å²) in [4.78, 5) is 24.7. The van der Waals surface area contributed by atoms with Gasteiger partial charge in [-0.1, -0.05) is 31.2 Å². The number of amides is 2. The Kier molecular flexibility index (Phi) is 7.95. The van der Waals surface area contributed by atoms with E-state index in [0.717, 1.165) is 17.7 Å². The fourth-order valence-electron chi connectivity index (χ4n) is 2.45. The minimum absolute atomic E-state index is 0.0664. The van der Waals surface area contributed by atoms with Crippen LogP contribution < -0.4 is 20.7 Å². The van der Waals surface area contributed by atoms with E-state index in [1.54, 1.807) is 43.5 Å². The van der Waals surface area contributed by atoms with Gasteiger partial charge < -0.3 is 20.7 Å². The first-order chi connectivity index (χ1) is 13.4. The molecule has 2 aromatic rings. The van der Waals surface area contributed by atoms with Crippen LogP contribution in [0.3, 0.4) is 0 Å². The molecule has 0 fully saturated rings. The molecule has 0 spiro atoms. The maximum absolute atomic E-state index is 12.4. The molecule has 0 aliphatic rings. The molecule has 0 aliphatic carbocycles. The Morgan fingerprint density at radius 2 is 1.79 bits per heavy atom. The Morgan fingerprint density at radius 1 is 1.11 bits per heavy atom. The van der Waals surface area contributed by atoms with Gasteiger partial charge in [0.25, 0.3) is 5.91 Å². The van der Waals surface area contributed by atoms with Gasteiger partial charge in [-0.3, -0.25) is 9.59 Å². The van der Waals surface area contributed by atoms with E-state index >= 15 is 0 Å². The van der Waals surface area contributed by atoms with Crippen LogP contribution in [0.2, 0.25) is 0 Å². The van der Waals surface area contributed by atoms with Crippen LogP contribution in [0.15, 0.2) is 48.5 Å². The van der Waals surface area contributed by atoms with Crippen LogP contribution in [-0.4, -0.2) is 30.1 Å². The zero-order valence-corrected chi connectivity index (χ0v) is 17.1. The van der Waals surface area contributed by atoms with Crippen LogP contribution >= 0.6 is 12.2 Å². The molecule has 0 aliphatic heterocycles. The van der Waals surface area contributed by atoms with Gasteiger partial charge in [0, 0.05) is 6.04 Å². The van der Waals surface area contributed by atoms with E-state index in [-0.39, 0.29) is 29.4 Å². The highest BCUT2D eigenvalue weighted by atomic mass is 32.1. The molecule has 1 atom stereocenters. The Hall–Kier alpha value is -2.93. The maximum atomic E-state index is 12.4. The standard InChI is InChI=1S/C21H25N3O3S/c1-4-14(2)22-20(26)17-7-5-6-8-18(17)23-21(28)24-19(25)13-15-9-11-16(27-3)12-10-15/h5-12,14H,4,13H2,1-3H3,(H,22,26)(H2,23,24,25,28). The molecule has 6 nitrogen and oxygen atoms in total. The first-order valence-electron chi connectivity index (χ1n) is 9.06. The zero-order valence-electron chi connectivity index (χ0n) is 16.2. The number of thiocarbonyl (C=S) groups is 1. The third-order valence-corrected chi connectivity index (χ3v) is 4.39. The average molecular weight is 400 g/mol. The van der Waals surface area contributed by atoms with Gasteiger partial charge in [0.15, 0.2) is 5.11 Å². The number of carbonyl (C=O) groups excluding carboxylic acids is 2. The lowest BCUT2D eigenvalue weighted by molar-refractivity contribution is -0.119.